The number of nitrogens with one attached hydrogen (secondary N) is 2. The van der Waals surface area contributed by atoms with Gasteiger partial charge in [-0.3, -0.25) is 4.79 Å². The summed E-state index contributed by atoms with van der Waals surface area (Å²) in [5.74, 6) is 0.194. The van der Waals surface area contributed by atoms with Gasteiger partial charge in [0.05, 0.1) is 6.10 Å². The number of aliphatic hydroxyl groups excluding tert-OH is 1. The summed E-state index contributed by atoms with van der Waals surface area (Å²) < 4.78 is 0. The first-order valence-electron chi connectivity index (χ1n) is 11.9. The number of aliphatic hydroxyl groups is 1. The van der Waals surface area contributed by atoms with Crippen molar-refractivity contribution >= 4 is 29.3 Å². The molecule has 1 aliphatic rings. The van der Waals surface area contributed by atoms with Crippen LogP contribution in [-0.2, 0) is 11.3 Å². The second-order valence-corrected chi connectivity index (χ2v) is 9.33. The molecule has 2 unspecified atom stereocenters. The van der Waals surface area contributed by atoms with E-state index in [1.807, 2.05) is 66.7 Å². The van der Waals surface area contributed by atoms with Crippen LogP contribution in [0.5, 0.6) is 0 Å². The van der Waals surface area contributed by atoms with Gasteiger partial charge in [-0.2, -0.15) is 0 Å². The molecule has 1 saturated carbocycles. The standard InChI is InChI=1S/C29H31ClN2O2/c30-26-14-10-23(11-15-26)24-12-16-27(17-13-24)32-29(34)18-9-21-5-7-22(8-6-21)19-31-20-25-3-1-2-4-28(25)33/h5-18,25,28,31,33H,1-4,19-20H2,(H,32,34). The van der Waals surface area contributed by atoms with E-state index >= 15 is 0 Å². The Morgan fingerprint density at radius 1 is 0.912 bits per heavy atom. The first kappa shape index (κ1) is 24.2. The molecule has 5 heteroatoms. The maximum absolute atomic E-state index is 12.3. The van der Waals surface area contributed by atoms with E-state index in [4.69, 9.17) is 11.6 Å². The van der Waals surface area contributed by atoms with Crippen LogP contribution in [0.1, 0.15) is 36.8 Å². The van der Waals surface area contributed by atoms with Crippen LogP contribution in [0.2, 0.25) is 5.02 Å². The summed E-state index contributed by atoms with van der Waals surface area (Å²) >= 11 is 5.95. The zero-order valence-corrected chi connectivity index (χ0v) is 20.0. The minimum atomic E-state index is -0.170. The SMILES string of the molecule is O=C(C=Cc1ccc(CNCC2CCCCC2O)cc1)Nc1ccc(-c2ccc(Cl)cc2)cc1. The predicted octanol–water partition coefficient (Wildman–Crippen LogP) is 6.30. The Balaban J connectivity index is 1.23. The van der Waals surface area contributed by atoms with Crippen LogP contribution < -0.4 is 10.6 Å². The van der Waals surface area contributed by atoms with Crippen LogP contribution in [0.4, 0.5) is 5.69 Å². The van der Waals surface area contributed by atoms with Crippen LogP contribution in [0.3, 0.4) is 0 Å². The van der Waals surface area contributed by atoms with Crippen LogP contribution in [0.25, 0.3) is 17.2 Å². The Bertz CT molecular complexity index is 1090. The highest BCUT2D eigenvalue weighted by Gasteiger charge is 2.22. The number of amides is 1. The smallest absolute Gasteiger partial charge is 0.248 e. The van der Waals surface area contributed by atoms with Crippen molar-refractivity contribution in [1.82, 2.24) is 5.32 Å². The molecule has 1 fully saturated rings. The van der Waals surface area contributed by atoms with Crippen molar-refractivity contribution in [3.8, 4) is 11.1 Å². The molecular weight excluding hydrogens is 444 g/mol. The normalized spacial score (nSPS) is 18.2. The molecule has 3 aromatic rings. The number of hydrogen-bond donors (Lipinski definition) is 3. The van der Waals surface area contributed by atoms with Gasteiger partial charge in [-0.25, -0.2) is 0 Å². The van der Waals surface area contributed by atoms with Gasteiger partial charge in [0.1, 0.15) is 0 Å². The molecule has 2 atom stereocenters. The minimum absolute atomic E-state index is 0.165. The summed E-state index contributed by atoms with van der Waals surface area (Å²) in [6.07, 6.45) is 7.58. The summed E-state index contributed by atoms with van der Waals surface area (Å²) in [6.45, 7) is 1.63. The van der Waals surface area contributed by atoms with Gasteiger partial charge in [0, 0.05) is 29.9 Å². The summed E-state index contributed by atoms with van der Waals surface area (Å²) in [5.41, 5.74) is 5.05. The van der Waals surface area contributed by atoms with Gasteiger partial charge in [-0.05, 0) is 71.4 Å². The van der Waals surface area contributed by atoms with Crippen molar-refractivity contribution in [2.24, 2.45) is 5.92 Å². The number of anilines is 1. The molecule has 4 nitrogen and oxygen atoms in total. The van der Waals surface area contributed by atoms with Gasteiger partial charge in [-0.15, -0.1) is 0 Å². The molecule has 34 heavy (non-hydrogen) atoms. The predicted molar refractivity (Wildman–Crippen MR) is 141 cm³/mol. The fraction of sp³-hybridized carbons (Fsp3) is 0.276. The minimum Gasteiger partial charge on any atom is -0.393 e. The first-order chi connectivity index (χ1) is 16.6. The zero-order valence-electron chi connectivity index (χ0n) is 19.2. The molecule has 0 aliphatic heterocycles. The Morgan fingerprint density at radius 3 is 2.24 bits per heavy atom. The van der Waals surface area contributed by atoms with E-state index in [9.17, 15) is 9.90 Å². The van der Waals surface area contributed by atoms with Crippen molar-refractivity contribution in [2.75, 3.05) is 11.9 Å². The fourth-order valence-electron chi connectivity index (χ4n) is 4.32. The number of halogens is 1. The van der Waals surface area contributed by atoms with E-state index in [0.717, 1.165) is 54.7 Å². The number of rotatable bonds is 8. The molecule has 0 bridgehead atoms. The van der Waals surface area contributed by atoms with E-state index in [1.54, 1.807) is 6.08 Å². The Kier molecular flexibility index (Phi) is 8.53. The van der Waals surface area contributed by atoms with Crippen molar-refractivity contribution < 1.29 is 9.90 Å². The van der Waals surface area contributed by atoms with E-state index in [1.165, 1.54) is 12.0 Å². The van der Waals surface area contributed by atoms with Gasteiger partial charge in [-0.1, -0.05) is 73.0 Å². The quantitative estimate of drug-likeness (QED) is 0.336. The molecule has 0 spiro atoms. The van der Waals surface area contributed by atoms with Crippen molar-refractivity contribution in [3.05, 3.63) is 95.0 Å². The molecule has 0 saturated heterocycles. The second kappa shape index (κ2) is 12.0. The Labute approximate surface area is 206 Å². The highest BCUT2D eigenvalue weighted by Crippen LogP contribution is 2.24. The second-order valence-electron chi connectivity index (χ2n) is 8.89. The van der Waals surface area contributed by atoms with Gasteiger partial charge in [0.25, 0.3) is 0 Å². The lowest BCUT2D eigenvalue weighted by atomic mass is 9.86. The van der Waals surface area contributed by atoms with Crippen molar-refractivity contribution in [2.45, 2.75) is 38.3 Å². The maximum Gasteiger partial charge on any atom is 0.248 e. The lowest BCUT2D eigenvalue weighted by molar-refractivity contribution is -0.111. The molecule has 4 rings (SSSR count). The number of carbonyl (C=O) groups is 1. The molecule has 1 amide bonds. The number of benzene rings is 3. The van der Waals surface area contributed by atoms with Gasteiger partial charge >= 0.3 is 0 Å². The highest BCUT2D eigenvalue weighted by molar-refractivity contribution is 6.30. The Morgan fingerprint density at radius 2 is 1.56 bits per heavy atom. The summed E-state index contributed by atoms with van der Waals surface area (Å²) in [6, 6.07) is 23.6. The molecular formula is C29H31ClN2O2. The average Bonchev–Trinajstić information content (AvgIpc) is 2.86. The summed E-state index contributed by atoms with van der Waals surface area (Å²) in [4.78, 5) is 12.3. The highest BCUT2D eigenvalue weighted by atomic mass is 35.5. The molecule has 0 radical (unpaired) electrons. The van der Waals surface area contributed by atoms with Gasteiger partial charge in [0.15, 0.2) is 0 Å². The van der Waals surface area contributed by atoms with Gasteiger partial charge in [0.2, 0.25) is 5.91 Å². The number of carbonyl (C=O) groups excluding carboxylic acids is 1. The van der Waals surface area contributed by atoms with Crippen LogP contribution in [-0.4, -0.2) is 23.7 Å². The summed E-state index contributed by atoms with van der Waals surface area (Å²) in [5, 5.41) is 17.2. The third-order valence-electron chi connectivity index (χ3n) is 6.34. The zero-order chi connectivity index (χ0) is 23.8. The van der Waals surface area contributed by atoms with E-state index in [0.29, 0.717) is 10.9 Å². The van der Waals surface area contributed by atoms with Crippen LogP contribution >= 0.6 is 11.6 Å². The van der Waals surface area contributed by atoms with Gasteiger partial charge < -0.3 is 15.7 Å². The monoisotopic (exact) mass is 474 g/mol. The number of hydrogen-bond acceptors (Lipinski definition) is 3. The Hall–Kier alpha value is -2.92. The maximum atomic E-state index is 12.3. The van der Waals surface area contributed by atoms with E-state index in [-0.39, 0.29) is 12.0 Å². The van der Waals surface area contributed by atoms with Crippen LogP contribution in [0.15, 0.2) is 78.9 Å². The lowest BCUT2D eigenvalue weighted by Gasteiger charge is -2.27. The summed E-state index contributed by atoms with van der Waals surface area (Å²) in [7, 11) is 0. The topological polar surface area (TPSA) is 61.4 Å². The molecule has 0 aromatic heterocycles. The fourth-order valence-corrected chi connectivity index (χ4v) is 4.44. The van der Waals surface area contributed by atoms with E-state index in [2.05, 4.69) is 22.8 Å². The van der Waals surface area contributed by atoms with Crippen molar-refractivity contribution in [3.63, 3.8) is 0 Å². The lowest BCUT2D eigenvalue weighted by Crippen LogP contribution is -2.33. The molecule has 3 N–H and O–H groups in total. The van der Waals surface area contributed by atoms with Crippen LogP contribution in [0, 0.1) is 5.92 Å². The van der Waals surface area contributed by atoms with Crippen molar-refractivity contribution in [1.29, 1.82) is 0 Å². The molecule has 0 heterocycles. The van der Waals surface area contributed by atoms with E-state index < -0.39 is 0 Å². The third-order valence-corrected chi connectivity index (χ3v) is 6.59. The molecule has 3 aromatic carbocycles. The first-order valence-corrected chi connectivity index (χ1v) is 12.3. The largest absolute Gasteiger partial charge is 0.393 e. The average molecular weight is 475 g/mol. The molecule has 176 valence electrons. The third kappa shape index (κ3) is 7.04. The molecule has 1 aliphatic carbocycles.